The van der Waals surface area contributed by atoms with Crippen molar-refractivity contribution in [3.05, 3.63) is 29.3 Å². The Balaban J connectivity index is 1.72. The number of Topliss-reactive ketones (excluding diaryl/α,β-unsaturated/α-hetero) is 2. The fourth-order valence-corrected chi connectivity index (χ4v) is 4.03. The number of carbonyl (C=O) groups excluding carboxylic acids is 2. The number of ketones is 2. The Kier molecular flexibility index (Phi) is 5.31. The number of rotatable bonds is 4. The minimum atomic E-state index is -0.661. The van der Waals surface area contributed by atoms with E-state index in [1.165, 1.54) is 0 Å². The molecule has 0 atom stereocenters. The van der Waals surface area contributed by atoms with E-state index in [1.54, 1.807) is 12.1 Å². The number of aryl methyl sites for hydroxylation is 1. The van der Waals surface area contributed by atoms with Crippen LogP contribution in [-0.2, 0) is 14.3 Å². The van der Waals surface area contributed by atoms with Crippen LogP contribution in [-0.4, -0.2) is 24.8 Å². The fraction of sp³-hybridized carbons (Fsp3) is 0.579. The van der Waals surface area contributed by atoms with E-state index in [0.717, 1.165) is 43.6 Å². The molecule has 0 amide bonds. The second kappa shape index (κ2) is 7.45. The van der Waals surface area contributed by atoms with E-state index in [2.05, 4.69) is 0 Å². The van der Waals surface area contributed by atoms with Crippen molar-refractivity contribution < 1.29 is 19.2 Å². The molecule has 1 saturated heterocycles. The zero-order valence-electron chi connectivity index (χ0n) is 14.1. The predicted molar refractivity (Wildman–Crippen MR) is 89.6 cm³/mol. The second-order valence-electron chi connectivity index (χ2n) is 7.07. The molecule has 0 radical (unpaired) electrons. The first-order chi connectivity index (χ1) is 11.6. The molecule has 3 rings (SSSR count). The van der Waals surface area contributed by atoms with Crippen LogP contribution in [0.4, 0.5) is 0 Å². The van der Waals surface area contributed by atoms with Gasteiger partial charge in [-0.15, -0.1) is 0 Å². The Labute approximate surface area is 142 Å². The normalized spacial score (nSPS) is 25.8. The molecule has 1 aromatic carbocycles. The molecule has 1 aliphatic heterocycles. The van der Waals surface area contributed by atoms with Gasteiger partial charge in [0.15, 0.2) is 0 Å². The molecule has 0 bridgehead atoms. The van der Waals surface area contributed by atoms with Gasteiger partial charge < -0.3 is 9.57 Å². The number of hydrogen-bond donors (Lipinski definition) is 1. The Morgan fingerprint density at radius 1 is 1.12 bits per heavy atom. The summed E-state index contributed by atoms with van der Waals surface area (Å²) in [6.45, 7) is 3.50. The van der Waals surface area contributed by atoms with E-state index in [9.17, 15) is 9.59 Å². The lowest BCUT2D eigenvalue weighted by molar-refractivity contribution is -0.134. The lowest BCUT2D eigenvalue weighted by Gasteiger charge is -2.31. The molecule has 2 N–H and O–H groups in total. The summed E-state index contributed by atoms with van der Waals surface area (Å²) in [6.07, 6.45) is 4.01. The zero-order valence-corrected chi connectivity index (χ0v) is 14.1. The number of hydrogen-bond acceptors (Lipinski definition) is 5. The molecule has 24 heavy (non-hydrogen) atoms. The third kappa shape index (κ3) is 3.68. The summed E-state index contributed by atoms with van der Waals surface area (Å²) in [5.74, 6) is 5.84. The minimum absolute atomic E-state index is 0.0283. The smallest absolute Gasteiger partial charge is 0.148 e. The Morgan fingerprint density at radius 3 is 2.42 bits per heavy atom. The second-order valence-corrected chi connectivity index (χ2v) is 7.07. The van der Waals surface area contributed by atoms with Gasteiger partial charge in [0.25, 0.3) is 0 Å². The first-order valence-electron chi connectivity index (χ1n) is 8.69. The summed E-state index contributed by atoms with van der Waals surface area (Å²) in [5, 5.41) is 0. The SMILES string of the molecule is Cc1ccc(ON)cc1C1C(=O)CC(CC2CCOCC2)CC1=O. The van der Waals surface area contributed by atoms with Crippen molar-refractivity contribution in [2.45, 2.75) is 44.9 Å². The highest BCUT2D eigenvalue weighted by Gasteiger charge is 2.38. The van der Waals surface area contributed by atoms with Crippen molar-refractivity contribution in [1.29, 1.82) is 0 Å². The van der Waals surface area contributed by atoms with Gasteiger partial charge in [0, 0.05) is 26.1 Å². The van der Waals surface area contributed by atoms with E-state index in [4.69, 9.17) is 15.5 Å². The maximum Gasteiger partial charge on any atom is 0.148 e. The van der Waals surface area contributed by atoms with Crippen LogP contribution < -0.4 is 10.7 Å². The standard InChI is InChI=1S/C19H25NO4/c1-12-2-3-15(24-20)11-16(12)19-17(21)9-14(10-18(19)22)8-13-4-6-23-7-5-13/h2-3,11,13-14,19H,4-10,20H2,1H3. The van der Waals surface area contributed by atoms with Gasteiger partial charge in [-0.25, -0.2) is 0 Å². The molecule has 2 fully saturated rings. The van der Waals surface area contributed by atoms with Gasteiger partial charge in [-0.3, -0.25) is 9.59 Å². The molecule has 1 aliphatic carbocycles. The average Bonchev–Trinajstić information content (AvgIpc) is 2.57. The largest absolute Gasteiger partial charge is 0.412 e. The Morgan fingerprint density at radius 2 is 1.79 bits per heavy atom. The predicted octanol–water partition coefficient (Wildman–Crippen LogP) is 2.70. The van der Waals surface area contributed by atoms with E-state index < -0.39 is 5.92 Å². The monoisotopic (exact) mass is 331 g/mol. The summed E-state index contributed by atoms with van der Waals surface area (Å²) in [5.41, 5.74) is 1.66. The van der Waals surface area contributed by atoms with Crippen molar-refractivity contribution in [1.82, 2.24) is 0 Å². The van der Waals surface area contributed by atoms with Gasteiger partial charge >= 0.3 is 0 Å². The van der Waals surface area contributed by atoms with Gasteiger partial charge in [0.1, 0.15) is 23.2 Å². The van der Waals surface area contributed by atoms with Gasteiger partial charge in [0.2, 0.25) is 0 Å². The molecule has 130 valence electrons. The molecule has 1 heterocycles. The lowest BCUT2D eigenvalue weighted by atomic mass is 9.72. The average molecular weight is 331 g/mol. The van der Waals surface area contributed by atoms with Gasteiger partial charge in [-0.1, -0.05) is 6.07 Å². The quantitative estimate of drug-likeness (QED) is 0.678. The summed E-state index contributed by atoms with van der Waals surface area (Å²) in [6, 6.07) is 5.30. The molecule has 0 unspecified atom stereocenters. The summed E-state index contributed by atoms with van der Waals surface area (Å²) in [7, 11) is 0. The van der Waals surface area contributed by atoms with Gasteiger partial charge in [0.05, 0.1) is 0 Å². The van der Waals surface area contributed by atoms with Gasteiger partial charge in [-0.05, 0) is 61.3 Å². The van der Waals surface area contributed by atoms with Crippen LogP contribution in [0.1, 0.15) is 49.1 Å². The highest BCUT2D eigenvalue weighted by atomic mass is 16.6. The van der Waals surface area contributed by atoms with Crippen LogP contribution in [0.3, 0.4) is 0 Å². The number of carbonyl (C=O) groups is 2. The van der Waals surface area contributed by atoms with E-state index in [1.807, 2.05) is 13.0 Å². The lowest BCUT2D eigenvalue weighted by Crippen LogP contribution is -2.33. The number of ether oxygens (including phenoxy) is 1. The van der Waals surface area contributed by atoms with Crippen molar-refractivity contribution >= 4 is 11.6 Å². The topological polar surface area (TPSA) is 78.6 Å². The molecule has 1 aromatic rings. The fourth-order valence-electron chi connectivity index (χ4n) is 4.03. The van der Waals surface area contributed by atoms with Crippen LogP contribution in [0, 0.1) is 18.8 Å². The summed E-state index contributed by atoms with van der Waals surface area (Å²) < 4.78 is 5.39. The molecule has 0 aromatic heterocycles. The highest BCUT2D eigenvalue weighted by Crippen LogP contribution is 2.37. The van der Waals surface area contributed by atoms with Crippen molar-refractivity contribution in [3.8, 4) is 5.75 Å². The van der Waals surface area contributed by atoms with Crippen LogP contribution >= 0.6 is 0 Å². The Bertz CT molecular complexity index is 604. The maximum absolute atomic E-state index is 12.7. The highest BCUT2D eigenvalue weighted by molar-refractivity contribution is 6.10. The molecular weight excluding hydrogens is 306 g/mol. The molecule has 2 aliphatic rings. The van der Waals surface area contributed by atoms with Crippen molar-refractivity contribution in [2.24, 2.45) is 17.7 Å². The molecule has 0 spiro atoms. The summed E-state index contributed by atoms with van der Waals surface area (Å²) >= 11 is 0. The van der Waals surface area contributed by atoms with Crippen molar-refractivity contribution in [2.75, 3.05) is 13.2 Å². The number of nitrogens with two attached hydrogens (primary N) is 1. The minimum Gasteiger partial charge on any atom is -0.412 e. The van der Waals surface area contributed by atoms with Crippen molar-refractivity contribution in [3.63, 3.8) is 0 Å². The third-order valence-electron chi connectivity index (χ3n) is 5.33. The molecule has 1 saturated carbocycles. The molecular formula is C19H25NO4. The van der Waals surface area contributed by atoms with Crippen LogP contribution in [0.5, 0.6) is 5.75 Å². The molecule has 5 heteroatoms. The van der Waals surface area contributed by atoms with Crippen LogP contribution in [0.25, 0.3) is 0 Å². The van der Waals surface area contributed by atoms with Gasteiger partial charge in [-0.2, -0.15) is 5.90 Å². The third-order valence-corrected chi connectivity index (χ3v) is 5.33. The molecule has 5 nitrogen and oxygen atoms in total. The first kappa shape index (κ1) is 17.1. The van der Waals surface area contributed by atoms with E-state index >= 15 is 0 Å². The number of benzene rings is 1. The zero-order chi connectivity index (χ0) is 17.1. The van der Waals surface area contributed by atoms with Crippen LogP contribution in [0.15, 0.2) is 18.2 Å². The van der Waals surface area contributed by atoms with E-state index in [0.29, 0.717) is 24.5 Å². The first-order valence-corrected chi connectivity index (χ1v) is 8.69. The summed E-state index contributed by atoms with van der Waals surface area (Å²) in [4.78, 5) is 30.1. The maximum atomic E-state index is 12.7. The Hall–Kier alpha value is -1.72. The van der Waals surface area contributed by atoms with E-state index in [-0.39, 0.29) is 17.5 Å². The van der Waals surface area contributed by atoms with Crippen LogP contribution in [0.2, 0.25) is 0 Å².